The molecule has 0 aliphatic rings. The summed E-state index contributed by atoms with van der Waals surface area (Å²) < 4.78 is 24.6. The van der Waals surface area contributed by atoms with Crippen LogP contribution in [-0.2, 0) is 9.84 Å². The highest BCUT2D eigenvalue weighted by Crippen LogP contribution is 2.21. The van der Waals surface area contributed by atoms with E-state index < -0.39 is 9.84 Å². The van der Waals surface area contributed by atoms with Gasteiger partial charge in [-0.3, -0.25) is 0 Å². The molecule has 0 fully saturated rings. The van der Waals surface area contributed by atoms with Gasteiger partial charge in [-0.1, -0.05) is 115 Å². The topological polar surface area (TPSA) is 47.0 Å². The van der Waals surface area contributed by atoms with Crippen molar-refractivity contribution in [1.29, 1.82) is 0 Å². The van der Waals surface area contributed by atoms with E-state index in [9.17, 15) is 8.42 Å². The molecule has 0 aliphatic heterocycles. The Hall–Kier alpha value is -0.610. The zero-order valence-electron chi connectivity index (χ0n) is 17.8. The fraction of sp³-hybridized carbons (Fsp3) is 0.783. The second-order valence-corrected chi connectivity index (χ2v) is 10.4. The number of rotatable bonds is 18. The molecule has 0 unspecified atom stereocenters. The van der Waals surface area contributed by atoms with Crippen molar-refractivity contribution in [1.82, 2.24) is 4.98 Å². The second-order valence-electron chi connectivity index (χ2n) is 7.91. The lowest BCUT2D eigenvalue weighted by atomic mass is 10.0. The maximum Gasteiger partial charge on any atom is 0.181 e. The van der Waals surface area contributed by atoms with Crippen LogP contribution >= 0.6 is 11.6 Å². The Kier molecular flexibility index (Phi) is 14.7. The molecule has 0 aromatic carbocycles. The maximum absolute atomic E-state index is 12.3. The van der Waals surface area contributed by atoms with Gasteiger partial charge in [0.25, 0.3) is 0 Å². The molecule has 0 N–H and O–H groups in total. The van der Waals surface area contributed by atoms with Crippen LogP contribution < -0.4 is 0 Å². The molecule has 0 bridgehead atoms. The fourth-order valence-electron chi connectivity index (χ4n) is 3.55. The van der Waals surface area contributed by atoms with E-state index in [-0.39, 0.29) is 15.8 Å². The average Bonchev–Trinajstić information content (AvgIpc) is 2.68. The molecule has 1 aromatic rings. The predicted octanol–water partition coefficient (Wildman–Crippen LogP) is 7.77. The molecule has 0 atom stereocenters. The summed E-state index contributed by atoms with van der Waals surface area (Å²) in [5, 5.41) is 0.0824. The van der Waals surface area contributed by atoms with E-state index in [1.54, 1.807) is 6.07 Å². The highest BCUT2D eigenvalue weighted by atomic mass is 35.5. The van der Waals surface area contributed by atoms with Crippen molar-refractivity contribution in [2.75, 3.05) is 5.75 Å². The minimum Gasteiger partial charge on any atom is -0.243 e. The fourth-order valence-corrected chi connectivity index (χ4v) is 5.42. The van der Waals surface area contributed by atoms with Gasteiger partial charge >= 0.3 is 0 Å². The van der Waals surface area contributed by atoms with Crippen molar-refractivity contribution in [2.24, 2.45) is 0 Å². The van der Waals surface area contributed by atoms with Crippen LogP contribution in [0.1, 0.15) is 110 Å². The smallest absolute Gasteiger partial charge is 0.181 e. The van der Waals surface area contributed by atoms with Gasteiger partial charge < -0.3 is 0 Å². The van der Waals surface area contributed by atoms with E-state index in [1.807, 2.05) is 0 Å². The lowest BCUT2D eigenvalue weighted by Crippen LogP contribution is -2.08. The summed E-state index contributed by atoms with van der Waals surface area (Å²) in [4.78, 5) is 4.02. The van der Waals surface area contributed by atoms with Crippen LogP contribution in [-0.4, -0.2) is 19.2 Å². The van der Waals surface area contributed by atoms with Crippen molar-refractivity contribution in [3.63, 3.8) is 0 Å². The molecule has 0 amide bonds. The molecular formula is C23H40ClNO2S. The molecule has 0 spiro atoms. The number of sulfone groups is 1. The van der Waals surface area contributed by atoms with Crippen molar-refractivity contribution in [2.45, 2.75) is 115 Å². The highest BCUT2D eigenvalue weighted by Gasteiger charge is 2.17. The van der Waals surface area contributed by atoms with E-state index in [4.69, 9.17) is 11.6 Å². The number of unbranched alkanes of at least 4 members (excludes halogenated alkanes) is 15. The lowest BCUT2D eigenvalue weighted by molar-refractivity contribution is 0.531. The summed E-state index contributed by atoms with van der Waals surface area (Å²) in [6, 6.07) is 3.16. The van der Waals surface area contributed by atoms with Gasteiger partial charge in [0.05, 0.1) is 5.75 Å². The molecule has 1 heterocycles. The van der Waals surface area contributed by atoms with E-state index in [1.165, 1.54) is 95.7 Å². The number of aromatic nitrogens is 1. The van der Waals surface area contributed by atoms with Crippen LogP contribution in [0.3, 0.4) is 0 Å². The number of halogens is 1. The van der Waals surface area contributed by atoms with Gasteiger partial charge in [-0.15, -0.1) is 0 Å². The highest BCUT2D eigenvalue weighted by molar-refractivity contribution is 7.91. The Labute approximate surface area is 178 Å². The largest absolute Gasteiger partial charge is 0.243 e. The van der Waals surface area contributed by atoms with E-state index in [2.05, 4.69) is 11.9 Å². The minimum absolute atomic E-state index is 0.0824. The second kappa shape index (κ2) is 16.2. The number of nitrogens with zero attached hydrogens (tertiary/aromatic N) is 1. The quantitative estimate of drug-likeness (QED) is 0.177. The van der Waals surface area contributed by atoms with Gasteiger partial charge in [0.1, 0.15) is 10.0 Å². The van der Waals surface area contributed by atoms with E-state index >= 15 is 0 Å². The maximum atomic E-state index is 12.3. The third kappa shape index (κ3) is 12.1. The van der Waals surface area contributed by atoms with Gasteiger partial charge in [-0.25, -0.2) is 13.4 Å². The van der Waals surface area contributed by atoms with Crippen LogP contribution in [0.15, 0.2) is 23.2 Å². The molecule has 1 aromatic heterocycles. The first-order chi connectivity index (χ1) is 13.6. The Morgan fingerprint density at radius 2 is 1.18 bits per heavy atom. The zero-order chi connectivity index (χ0) is 20.5. The van der Waals surface area contributed by atoms with Crippen LogP contribution in [0.2, 0.25) is 5.15 Å². The molecule has 28 heavy (non-hydrogen) atoms. The third-order valence-corrected chi connectivity index (χ3v) is 7.57. The SMILES string of the molecule is CCCCCCCCCCCCCCCCCCS(=O)(=O)c1cccnc1Cl. The van der Waals surface area contributed by atoms with Crippen LogP contribution in [0.4, 0.5) is 0 Å². The van der Waals surface area contributed by atoms with Gasteiger partial charge in [-0.2, -0.15) is 0 Å². The number of pyridine rings is 1. The summed E-state index contributed by atoms with van der Waals surface area (Å²) in [5.41, 5.74) is 0. The molecule has 0 aliphatic carbocycles. The van der Waals surface area contributed by atoms with Gasteiger partial charge in [-0.05, 0) is 18.6 Å². The molecule has 1 rings (SSSR count). The molecule has 5 heteroatoms. The van der Waals surface area contributed by atoms with Crippen LogP contribution in [0, 0.1) is 0 Å². The van der Waals surface area contributed by atoms with Crippen LogP contribution in [0.25, 0.3) is 0 Å². The molecule has 162 valence electrons. The number of hydrogen-bond donors (Lipinski definition) is 0. The van der Waals surface area contributed by atoms with Gasteiger partial charge in [0, 0.05) is 6.20 Å². The van der Waals surface area contributed by atoms with E-state index in [0.717, 1.165) is 12.8 Å². The molecular weight excluding hydrogens is 390 g/mol. The summed E-state index contributed by atoms with van der Waals surface area (Å²) in [7, 11) is -3.30. The first-order valence-electron chi connectivity index (χ1n) is 11.4. The summed E-state index contributed by atoms with van der Waals surface area (Å²) in [5.74, 6) is 0.164. The zero-order valence-corrected chi connectivity index (χ0v) is 19.4. The normalized spacial score (nSPS) is 11.8. The molecule has 3 nitrogen and oxygen atoms in total. The molecule has 0 saturated carbocycles. The predicted molar refractivity (Wildman–Crippen MR) is 121 cm³/mol. The summed E-state index contributed by atoms with van der Waals surface area (Å²) in [6.45, 7) is 2.27. The summed E-state index contributed by atoms with van der Waals surface area (Å²) in [6.07, 6.45) is 22.0. The van der Waals surface area contributed by atoms with E-state index in [0.29, 0.717) is 6.42 Å². The first kappa shape index (κ1) is 25.4. The molecule has 0 saturated heterocycles. The van der Waals surface area contributed by atoms with Crippen molar-refractivity contribution in [3.8, 4) is 0 Å². The van der Waals surface area contributed by atoms with Crippen molar-refractivity contribution < 1.29 is 8.42 Å². The first-order valence-corrected chi connectivity index (χ1v) is 13.4. The van der Waals surface area contributed by atoms with Crippen LogP contribution in [0.5, 0.6) is 0 Å². The molecule has 0 radical (unpaired) electrons. The van der Waals surface area contributed by atoms with Gasteiger partial charge in [0.2, 0.25) is 0 Å². The minimum atomic E-state index is -3.30. The Morgan fingerprint density at radius 3 is 1.61 bits per heavy atom. The Balaban J connectivity index is 1.90. The monoisotopic (exact) mass is 429 g/mol. The average molecular weight is 430 g/mol. The van der Waals surface area contributed by atoms with Crippen molar-refractivity contribution in [3.05, 3.63) is 23.5 Å². The third-order valence-electron chi connectivity index (χ3n) is 5.33. The standard InChI is InChI=1S/C23H40ClNO2S/c1-2-3-4-5-6-7-8-9-10-11-12-13-14-15-16-17-21-28(26,27)22-19-18-20-25-23(22)24/h18-20H,2-17,21H2,1H3. The Bertz CT molecular complexity index is 604. The number of hydrogen-bond acceptors (Lipinski definition) is 3. The lowest BCUT2D eigenvalue weighted by Gasteiger charge is -2.06. The van der Waals surface area contributed by atoms with Crippen molar-refractivity contribution >= 4 is 21.4 Å². The van der Waals surface area contributed by atoms with Gasteiger partial charge in [0.15, 0.2) is 9.84 Å². The Morgan fingerprint density at radius 1 is 0.750 bits per heavy atom. The summed E-state index contributed by atoms with van der Waals surface area (Å²) >= 11 is 5.89.